The molecule has 2 atom stereocenters. The predicted octanol–water partition coefficient (Wildman–Crippen LogP) is 5.34. The first-order valence-electron chi connectivity index (χ1n) is 13.8. The number of hydrogen-bond acceptors (Lipinski definition) is 5. The Morgan fingerprint density at radius 3 is 2.55 bits per heavy atom. The minimum Gasteiger partial charge on any atom is -0.444 e. The summed E-state index contributed by atoms with van der Waals surface area (Å²) in [5, 5.41) is 0. The maximum absolute atomic E-state index is 14.4. The molecule has 40 heavy (non-hydrogen) atoms. The van der Waals surface area contributed by atoms with Crippen molar-refractivity contribution >= 4 is 34.0 Å². The van der Waals surface area contributed by atoms with E-state index in [0.29, 0.717) is 26.1 Å². The Morgan fingerprint density at radius 2 is 1.90 bits per heavy atom. The van der Waals surface area contributed by atoms with Crippen LogP contribution in [0, 0.1) is 5.92 Å². The molecule has 216 valence electrons. The minimum atomic E-state index is -0.630. The minimum absolute atomic E-state index is 0.0119. The Hall–Kier alpha value is -2.91. The highest BCUT2D eigenvalue weighted by Gasteiger charge is 2.43. The zero-order chi connectivity index (χ0) is 29.0. The average Bonchev–Trinajstić information content (AvgIpc) is 3.72. The van der Waals surface area contributed by atoms with Gasteiger partial charge in [-0.1, -0.05) is 28.1 Å². The van der Waals surface area contributed by atoms with Crippen LogP contribution in [0.25, 0.3) is 6.08 Å². The lowest BCUT2D eigenvalue weighted by atomic mass is 9.79. The number of carbonyl (C=O) groups is 2. The van der Waals surface area contributed by atoms with Gasteiger partial charge in [0, 0.05) is 56.6 Å². The van der Waals surface area contributed by atoms with E-state index in [1.165, 1.54) is 4.57 Å². The molecule has 0 N–H and O–H groups in total. The Labute approximate surface area is 245 Å². The fourth-order valence-corrected chi connectivity index (χ4v) is 5.77. The summed E-state index contributed by atoms with van der Waals surface area (Å²) in [5.74, 6) is -0.642. The molecule has 2 unspecified atom stereocenters. The van der Waals surface area contributed by atoms with Crippen LogP contribution in [-0.4, -0.2) is 64.8 Å². The zero-order valence-corrected chi connectivity index (χ0v) is 25.6. The van der Waals surface area contributed by atoms with Gasteiger partial charge in [-0.2, -0.15) is 0 Å². The maximum atomic E-state index is 14.4. The SMILES string of the molecule is COCC=Cc1cc(Br)cc(CN(C(=O)C2CN(C(=O)OC(C)(C)C)CCC2c2ccn(C)c(=O)c2)C2CC2)c1. The van der Waals surface area contributed by atoms with Crippen LogP contribution < -0.4 is 5.56 Å². The van der Waals surface area contributed by atoms with E-state index in [9.17, 15) is 14.4 Å². The quantitative estimate of drug-likeness (QED) is 0.401. The van der Waals surface area contributed by atoms with E-state index in [2.05, 4.69) is 22.0 Å². The first kappa shape index (κ1) is 30.1. The lowest BCUT2D eigenvalue weighted by Gasteiger charge is -2.40. The lowest BCUT2D eigenvalue weighted by Crippen LogP contribution is -2.51. The summed E-state index contributed by atoms with van der Waals surface area (Å²) in [5.41, 5.74) is 2.15. The number of pyridine rings is 1. The topological polar surface area (TPSA) is 81.1 Å². The highest BCUT2D eigenvalue weighted by molar-refractivity contribution is 9.10. The molecule has 0 spiro atoms. The van der Waals surface area contributed by atoms with Gasteiger partial charge in [-0.15, -0.1) is 0 Å². The predicted molar refractivity (Wildman–Crippen MR) is 159 cm³/mol. The van der Waals surface area contributed by atoms with Crippen molar-refractivity contribution in [3.8, 4) is 0 Å². The number of rotatable bonds is 8. The Bertz CT molecular complexity index is 1310. The van der Waals surface area contributed by atoms with Crippen LogP contribution in [0.5, 0.6) is 0 Å². The maximum Gasteiger partial charge on any atom is 0.410 e. The molecule has 1 aliphatic carbocycles. The second-order valence-electron chi connectivity index (χ2n) is 11.8. The second kappa shape index (κ2) is 12.7. The van der Waals surface area contributed by atoms with Gasteiger partial charge in [0.05, 0.1) is 12.5 Å². The van der Waals surface area contributed by atoms with Crippen LogP contribution in [-0.2, 0) is 27.9 Å². The van der Waals surface area contributed by atoms with Crippen LogP contribution in [0.2, 0.25) is 0 Å². The summed E-state index contributed by atoms with van der Waals surface area (Å²) in [7, 11) is 3.37. The van der Waals surface area contributed by atoms with Crippen molar-refractivity contribution in [2.45, 2.75) is 64.1 Å². The third kappa shape index (κ3) is 7.85. The van der Waals surface area contributed by atoms with E-state index in [1.807, 2.05) is 56.0 Å². The van der Waals surface area contributed by atoms with Gasteiger partial charge in [0.15, 0.2) is 0 Å². The van der Waals surface area contributed by atoms with Crippen molar-refractivity contribution in [3.63, 3.8) is 0 Å². The third-order valence-corrected chi connectivity index (χ3v) is 7.77. The normalized spacial score (nSPS) is 19.6. The smallest absolute Gasteiger partial charge is 0.410 e. The molecule has 1 saturated heterocycles. The van der Waals surface area contributed by atoms with Gasteiger partial charge in [0.25, 0.3) is 5.56 Å². The number of halogens is 1. The van der Waals surface area contributed by atoms with Gasteiger partial charge < -0.3 is 23.8 Å². The molecule has 1 aromatic carbocycles. The number of aromatic nitrogens is 1. The fourth-order valence-electron chi connectivity index (χ4n) is 5.21. The second-order valence-corrected chi connectivity index (χ2v) is 12.7. The van der Waals surface area contributed by atoms with E-state index in [0.717, 1.165) is 34.0 Å². The molecule has 0 bridgehead atoms. The Balaban J connectivity index is 1.63. The number of carbonyl (C=O) groups excluding carboxylic acids is 2. The van der Waals surface area contributed by atoms with Crippen LogP contribution in [0.4, 0.5) is 4.79 Å². The first-order chi connectivity index (χ1) is 18.9. The molecule has 1 aliphatic heterocycles. The van der Waals surface area contributed by atoms with Crippen LogP contribution in [0.3, 0.4) is 0 Å². The number of nitrogens with zero attached hydrogens (tertiary/aromatic N) is 3. The molecule has 4 rings (SSSR count). The van der Waals surface area contributed by atoms with Gasteiger partial charge >= 0.3 is 6.09 Å². The number of piperidine rings is 1. The molecule has 9 heteroatoms. The summed E-state index contributed by atoms with van der Waals surface area (Å²) < 4.78 is 13.3. The molecule has 8 nitrogen and oxygen atoms in total. The number of likely N-dealkylation sites (tertiary alicyclic amines) is 1. The van der Waals surface area contributed by atoms with Crippen LogP contribution in [0.15, 0.2) is 51.9 Å². The summed E-state index contributed by atoms with van der Waals surface area (Å²) in [6.07, 6.45) is 7.79. The average molecular weight is 615 g/mol. The van der Waals surface area contributed by atoms with Gasteiger partial charge in [0.1, 0.15) is 5.60 Å². The lowest BCUT2D eigenvalue weighted by molar-refractivity contribution is -0.139. The Kier molecular flexibility index (Phi) is 9.56. The van der Waals surface area contributed by atoms with E-state index >= 15 is 0 Å². The molecular formula is C31H40BrN3O5. The van der Waals surface area contributed by atoms with Crippen molar-refractivity contribution in [1.82, 2.24) is 14.4 Å². The van der Waals surface area contributed by atoms with Crippen molar-refractivity contribution in [2.24, 2.45) is 13.0 Å². The van der Waals surface area contributed by atoms with Gasteiger partial charge in [0.2, 0.25) is 5.91 Å². The van der Waals surface area contributed by atoms with E-state index < -0.39 is 17.6 Å². The molecule has 1 saturated carbocycles. The van der Waals surface area contributed by atoms with Crippen LogP contribution in [0.1, 0.15) is 62.6 Å². The van der Waals surface area contributed by atoms with Gasteiger partial charge in [-0.05, 0) is 86.9 Å². The monoisotopic (exact) mass is 613 g/mol. The van der Waals surface area contributed by atoms with Gasteiger partial charge in [-0.3, -0.25) is 9.59 Å². The largest absolute Gasteiger partial charge is 0.444 e. The number of methoxy groups -OCH3 is 1. The number of hydrogen-bond donors (Lipinski definition) is 0. The molecule has 0 radical (unpaired) electrons. The molecule has 2 fully saturated rings. The summed E-state index contributed by atoms with van der Waals surface area (Å²) >= 11 is 3.62. The van der Waals surface area contributed by atoms with Crippen molar-refractivity contribution in [1.29, 1.82) is 0 Å². The summed E-state index contributed by atoms with van der Waals surface area (Å²) in [6, 6.07) is 9.88. The zero-order valence-electron chi connectivity index (χ0n) is 24.1. The van der Waals surface area contributed by atoms with E-state index in [4.69, 9.17) is 9.47 Å². The first-order valence-corrected chi connectivity index (χ1v) is 14.6. The molecule has 2 heterocycles. The highest BCUT2D eigenvalue weighted by Crippen LogP contribution is 2.38. The van der Waals surface area contributed by atoms with E-state index in [1.54, 1.807) is 31.3 Å². The fraction of sp³-hybridized carbons (Fsp3) is 0.516. The summed E-state index contributed by atoms with van der Waals surface area (Å²) in [4.78, 5) is 43.5. The van der Waals surface area contributed by atoms with Crippen molar-refractivity contribution in [2.75, 3.05) is 26.8 Å². The molecular weight excluding hydrogens is 574 g/mol. The number of amides is 2. The van der Waals surface area contributed by atoms with Crippen molar-refractivity contribution < 1.29 is 19.1 Å². The third-order valence-electron chi connectivity index (χ3n) is 7.31. The van der Waals surface area contributed by atoms with E-state index in [-0.39, 0.29) is 30.0 Å². The molecule has 1 aromatic heterocycles. The van der Waals surface area contributed by atoms with Crippen molar-refractivity contribution in [3.05, 3.63) is 74.1 Å². The number of benzene rings is 1. The van der Waals surface area contributed by atoms with Gasteiger partial charge in [-0.25, -0.2) is 4.79 Å². The molecule has 2 amide bonds. The summed E-state index contributed by atoms with van der Waals surface area (Å²) in [6.45, 7) is 7.22. The highest BCUT2D eigenvalue weighted by atomic mass is 79.9. The Morgan fingerprint density at radius 1 is 1.15 bits per heavy atom. The molecule has 2 aliphatic rings. The van der Waals surface area contributed by atoms with Crippen LogP contribution >= 0.6 is 15.9 Å². The molecule has 2 aromatic rings. The number of aryl methyl sites for hydroxylation is 1. The number of ether oxygens (including phenoxy) is 2. The standard InChI is InChI=1S/C31H40BrN3O5/c1-31(2,3)40-30(38)34-13-11-26(23-10-12-33(4)28(36)18-23)27(20-34)29(37)35(25-8-9-25)19-22-15-21(7-6-14-39-5)16-24(32)17-22/h6-7,10,12,15-18,25-27H,8-9,11,13-14,19-20H2,1-5H3.